The second kappa shape index (κ2) is 9.00. The molecule has 7 aromatic rings. The molecule has 1 aliphatic carbocycles. The van der Waals surface area contributed by atoms with E-state index < -0.39 is 0 Å². The fourth-order valence-corrected chi connectivity index (χ4v) is 9.90. The molecule has 3 heterocycles. The minimum absolute atomic E-state index is 0.133. The van der Waals surface area contributed by atoms with Crippen LogP contribution in [0.15, 0.2) is 145 Å². The summed E-state index contributed by atoms with van der Waals surface area (Å²) in [5.74, 6) is 0. The van der Waals surface area contributed by atoms with Gasteiger partial charge in [0.2, 0.25) is 6.71 Å². The quantitative estimate of drug-likeness (QED) is 0.184. The van der Waals surface area contributed by atoms with E-state index in [0.717, 1.165) is 0 Å². The summed E-state index contributed by atoms with van der Waals surface area (Å²) in [6.45, 7) is 5.08. The lowest BCUT2D eigenvalue weighted by Gasteiger charge is -2.45. The molecule has 212 valence electrons. The molecule has 2 aliphatic heterocycles. The van der Waals surface area contributed by atoms with Gasteiger partial charge in [0.05, 0.1) is 0 Å². The van der Waals surface area contributed by atoms with Crippen LogP contribution in [0.5, 0.6) is 0 Å². The third-order valence-corrected chi connectivity index (χ3v) is 11.4. The number of fused-ring (bicyclic) bond motifs is 9. The van der Waals surface area contributed by atoms with Gasteiger partial charge in [0.1, 0.15) is 0 Å². The lowest BCUT2D eigenvalue weighted by atomic mass is 9.30. The molecule has 0 atom stereocenters. The summed E-state index contributed by atoms with van der Waals surface area (Å²) < 4.78 is 2.77. The number of hydrogen-bond acceptors (Lipinski definition) is 3. The highest BCUT2D eigenvalue weighted by atomic mass is 32.1. The lowest BCUT2D eigenvalue weighted by molar-refractivity contribution is 0.673. The van der Waals surface area contributed by atoms with Crippen molar-refractivity contribution in [3.05, 3.63) is 156 Å². The Bertz CT molecular complexity index is 2370. The highest BCUT2D eigenvalue weighted by molar-refractivity contribution is 7.26. The van der Waals surface area contributed by atoms with Gasteiger partial charge in [0.15, 0.2) is 0 Å². The molecule has 0 saturated carbocycles. The van der Waals surface area contributed by atoms with Crippen molar-refractivity contribution in [3.63, 3.8) is 0 Å². The Balaban J connectivity index is 1.34. The van der Waals surface area contributed by atoms with Gasteiger partial charge in [-0.15, -0.1) is 11.3 Å². The fraction of sp³-hybridized carbons (Fsp3) is 0.0732. The standard InChI is InChI=1S/C41H29BN2S/c1-41(2)36-30(25-24-29-28-18-9-12-23-35(28)45-39(29)36)38-40(41)42-31-19-10-11-20-32(31)43(26-14-5-3-6-15-26)33-21-13-22-34(37(33)42)44(38)27-16-7-4-8-17-27/h3-25H,1-2H3. The van der Waals surface area contributed by atoms with Crippen LogP contribution in [0.4, 0.5) is 28.4 Å². The van der Waals surface area contributed by atoms with E-state index in [4.69, 9.17) is 0 Å². The summed E-state index contributed by atoms with van der Waals surface area (Å²) in [6.07, 6.45) is 0. The average Bonchev–Trinajstić information content (AvgIpc) is 3.57. The van der Waals surface area contributed by atoms with Crippen molar-refractivity contribution in [1.29, 1.82) is 0 Å². The van der Waals surface area contributed by atoms with E-state index in [1.165, 1.54) is 81.8 Å². The van der Waals surface area contributed by atoms with Gasteiger partial charge in [-0.2, -0.15) is 0 Å². The molecule has 0 unspecified atom stereocenters. The average molecular weight is 593 g/mol. The van der Waals surface area contributed by atoms with Crippen molar-refractivity contribution in [2.75, 3.05) is 9.80 Å². The topological polar surface area (TPSA) is 6.48 Å². The zero-order chi connectivity index (χ0) is 29.9. The van der Waals surface area contributed by atoms with Gasteiger partial charge < -0.3 is 9.80 Å². The van der Waals surface area contributed by atoms with Crippen molar-refractivity contribution < 1.29 is 0 Å². The maximum Gasteiger partial charge on any atom is 0.248 e. The SMILES string of the molecule is CC1(C)C2=C(c3ccc4c(sc5ccccc54)c31)N(c1ccccc1)c1cccc3c1B2c1ccccc1N3c1ccccc1. The van der Waals surface area contributed by atoms with Crippen molar-refractivity contribution in [1.82, 2.24) is 0 Å². The Kier molecular flexibility index (Phi) is 5.06. The molecular formula is C41H29BN2S. The third-order valence-electron chi connectivity index (χ3n) is 10.2. The summed E-state index contributed by atoms with van der Waals surface area (Å²) in [5.41, 5.74) is 14.4. The van der Waals surface area contributed by atoms with Crippen molar-refractivity contribution in [3.8, 4) is 0 Å². The molecule has 2 nitrogen and oxygen atoms in total. The van der Waals surface area contributed by atoms with Gasteiger partial charge in [-0.1, -0.05) is 110 Å². The Morgan fingerprint density at radius 3 is 1.96 bits per heavy atom. The predicted molar refractivity (Wildman–Crippen MR) is 194 cm³/mol. The first-order chi connectivity index (χ1) is 22.1. The van der Waals surface area contributed by atoms with Crippen molar-refractivity contribution >= 4 is 83.3 Å². The molecule has 6 aromatic carbocycles. The summed E-state index contributed by atoms with van der Waals surface area (Å²) in [4.78, 5) is 5.03. The van der Waals surface area contributed by atoms with Crippen LogP contribution >= 0.6 is 11.3 Å². The zero-order valence-electron chi connectivity index (χ0n) is 25.2. The first-order valence-corrected chi connectivity index (χ1v) is 16.6. The Morgan fingerprint density at radius 1 is 0.556 bits per heavy atom. The van der Waals surface area contributed by atoms with E-state index in [9.17, 15) is 0 Å². The van der Waals surface area contributed by atoms with Gasteiger partial charge in [0.25, 0.3) is 0 Å². The van der Waals surface area contributed by atoms with Crippen LogP contribution in [0.2, 0.25) is 0 Å². The molecule has 10 rings (SSSR count). The number of allylic oxidation sites excluding steroid dienone is 1. The molecule has 45 heavy (non-hydrogen) atoms. The van der Waals surface area contributed by atoms with Crippen LogP contribution in [0, 0.1) is 0 Å². The van der Waals surface area contributed by atoms with E-state index in [-0.39, 0.29) is 12.1 Å². The first kappa shape index (κ1) is 25.3. The van der Waals surface area contributed by atoms with E-state index >= 15 is 0 Å². The van der Waals surface area contributed by atoms with E-state index in [1.54, 1.807) is 0 Å². The van der Waals surface area contributed by atoms with E-state index in [0.29, 0.717) is 0 Å². The molecule has 0 fully saturated rings. The minimum Gasteiger partial charge on any atom is -0.311 e. The molecule has 0 bridgehead atoms. The molecular weight excluding hydrogens is 563 g/mol. The maximum atomic E-state index is 2.56. The van der Waals surface area contributed by atoms with Crippen molar-refractivity contribution in [2.45, 2.75) is 19.3 Å². The molecule has 0 N–H and O–H groups in total. The number of thiophene rings is 1. The number of hydrogen-bond donors (Lipinski definition) is 0. The molecule has 3 aliphatic rings. The smallest absolute Gasteiger partial charge is 0.248 e. The van der Waals surface area contributed by atoms with Gasteiger partial charge in [-0.05, 0) is 65.0 Å². The van der Waals surface area contributed by atoms with Gasteiger partial charge >= 0.3 is 0 Å². The fourth-order valence-electron chi connectivity index (χ4n) is 8.49. The second-order valence-corrected chi connectivity index (χ2v) is 13.9. The molecule has 0 saturated heterocycles. The number of anilines is 5. The third kappa shape index (κ3) is 3.25. The number of para-hydroxylation sites is 3. The number of rotatable bonds is 2. The van der Waals surface area contributed by atoms with Gasteiger partial charge in [-0.3, -0.25) is 0 Å². The summed E-state index contributed by atoms with van der Waals surface area (Å²) >= 11 is 1.95. The second-order valence-electron chi connectivity index (χ2n) is 12.9. The summed E-state index contributed by atoms with van der Waals surface area (Å²) in [7, 11) is 0. The maximum absolute atomic E-state index is 2.56. The van der Waals surface area contributed by atoms with Gasteiger partial charge in [-0.25, -0.2) is 0 Å². The Labute approximate surface area is 267 Å². The van der Waals surface area contributed by atoms with Gasteiger partial charge in [0, 0.05) is 65.3 Å². The molecule has 4 heteroatoms. The first-order valence-electron chi connectivity index (χ1n) is 15.7. The summed E-state index contributed by atoms with van der Waals surface area (Å²) in [6, 6.07) is 51.5. The molecule has 0 radical (unpaired) electrons. The van der Waals surface area contributed by atoms with Crippen LogP contribution < -0.4 is 20.7 Å². The molecule has 0 amide bonds. The van der Waals surface area contributed by atoms with Crippen LogP contribution in [0.1, 0.15) is 25.0 Å². The summed E-state index contributed by atoms with van der Waals surface area (Å²) in [5, 5.41) is 2.72. The van der Waals surface area contributed by atoms with Crippen LogP contribution in [-0.2, 0) is 5.41 Å². The van der Waals surface area contributed by atoms with Crippen molar-refractivity contribution in [2.24, 2.45) is 0 Å². The minimum atomic E-state index is -0.199. The van der Waals surface area contributed by atoms with E-state index in [2.05, 4.69) is 163 Å². The van der Waals surface area contributed by atoms with Crippen LogP contribution in [0.25, 0.3) is 25.9 Å². The molecule has 0 spiro atoms. The monoisotopic (exact) mass is 592 g/mol. The Hall–Kier alpha value is -5.06. The highest BCUT2D eigenvalue weighted by Gasteiger charge is 2.53. The molecule has 1 aromatic heterocycles. The lowest BCUT2D eigenvalue weighted by Crippen LogP contribution is -2.57. The largest absolute Gasteiger partial charge is 0.311 e. The zero-order valence-corrected chi connectivity index (χ0v) is 26.0. The van der Waals surface area contributed by atoms with E-state index in [1.807, 2.05) is 11.3 Å². The van der Waals surface area contributed by atoms with Crippen LogP contribution in [-0.4, -0.2) is 6.71 Å². The predicted octanol–water partition coefficient (Wildman–Crippen LogP) is 9.84. The Morgan fingerprint density at radius 2 is 1.18 bits per heavy atom. The number of benzene rings is 6. The number of nitrogens with zero attached hydrogens (tertiary/aromatic N) is 2. The normalized spacial score (nSPS) is 15.7. The van der Waals surface area contributed by atoms with Crippen LogP contribution in [0.3, 0.4) is 0 Å². The highest BCUT2D eigenvalue weighted by Crippen LogP contribution is 2.58.